The molecule has 0 aliphatic heterocycles. The van der Waals surface area contributed by atoms with Crippen LogP contribution in [0.15, 0.2) is 9.52 Å². The number of aromatic nitrogens is 1. The largest absolute Gasteiger partial charge is 0.440 e. The van der Waals surface area contributed by atoms with E-state index in [9.17, 15) is 0 Å². The van der Waals surface area contributed by atoms with Crippen molar-refractivity contribution >= 4 is 6.21 Å². The zero-order valence-corrected chi connectivity index (χ0v) is 5.96. The molecule has 0 aromatic carbocycles. The van der Waals surface area contributed by atoms with Gasteiger partial charge in [0.15, 0.2) is 11.7 Å². The number of rotatable bonds is 1. The van der Waals surface area contributed by atoms with Gasteiger partial charge in [-0.3, -0.25) is 0 Å². The molecule has 0 atom stereocenters. The highest BCUT2D eigenvalue weighted by Crippen LogP contribution is 2.05. The molecule has 10 heavy (non-hydrogen) atoms. The topological polar surface area (TPSA) is 64.4 Å². The Morgan fingerprint density at radius 2 is 2.30 bits per heavy atom. The van der Waals surface area contributed by atoms with Gasteiger partial charge in [0.2, 0.25) is 0 Å². The Bertz CT molecular complexity index is 251. The molecule has 4 nitrogen and oxygen atoms in total. The van der Waals surface area contributed by atoms with Crippen molar-refractivity contribution in [3.63, 3.8) is 0 Å². The summed E-state index contributed by atoms with van der Waals surface area (Å²) in [7, 11) is 0. The Labute approximate surface area is 58.7 Å². The van der Waals surface area contributed by atoms with Crippen LogP contribution in [0.4, 0.5) is 0 Å². The summed E-state index contributed by atoms with van der Waals surface area (Å²) in [5, 5.41) is 3.32. The van der Waals surface area contributed by atoms with Crippen LogP contribution < -0.4 is 5.84 Å². The van der Waals surface area contributed by atoms with Gasteiger partial charge in [0, 0.05) is 6.92 Å². The standard InChI is InChI=1S/C6H9N3O/c1-4-6(3-8-7)10-5(2)9-4/h3H,7H2,1-2H3/b8-3+. The zero-order chi connectivity index (χ0) is 7.56. The number of hydrogen-bond donors (Lipinski definition) is 1. The van der Waals surface area contributed by atoms with E-state index >= 15 is 0 Å². The van der Waals surface area contributed by atoms with Crippen LogP contribution in [0.25, 0.3) is 0 Å². The maximum atomic E-state index is 5.11. The zero-order valence-electron chi connectivity index (χ0n) is 5.96. The molecule has 1 rings (SSSR count). The molecule has 0 radical (unpaired) electrons. The molecule has 0 aliphatic rings. The fourth-order valence-corrected chi connectivity index (χ4v) is 0.735. The van der Waals surface area contributed by atoms with Crippen molar-refractivity contribution < 1.29 is 4.42 Å². The maximum absolute atomic E-state index is 5.11. The first-order valence-corrected chi connectivity index (χ1v) is 2.91. The Morgan fingerprint density at radius 1 is 1.60 bits per heavy atom. The van der Waals surface area contributed by atoms with Gasteiger partial charge in [0.25, 0.3) is 0 Å². The van der Waals surface area contributed by atoms with E-state index < -0.39 is 0 Å². The highest BCUT2D eigenvalue weighted by molar-refractivity contribution is 5.76. The van der Waals surface area contributed by atoms with Crippen LogP contribution in [0.2, 0.25) is 0 Å². The van der Waals surface area contributed by atoms with Crippen LogP contribution in [0.1, 0.15) is 17.3 Å². The van der Waals surface area contributed by atoms with E-state index in [-0.39, 0.29) is 0 Å². The summed E-state index contributed by atoms with van der Waals surface area (Å²) in [5.74, 6) is 6.18. The number of nitrogens with two attached hydrogens (primary N) is 1. The molecular weight excluding hydrogens is 130 g/mol. The van der Waals surface area contributed by atoms with Gasteiger partial charge >= 0.3 is 0 Å². The highest BCUT2D eigenvalue weighted by atomic mass is 16.4. The van der Waals surface area contributed by atoms with Gasteiger partial charge in [-0.05, 0) is 6.92 Å². The lowest BCUT2D eigenvalue weighted by Gasteiger charge is -1.81. The van der Waals surface area contributed by atoms with Crippen LogP contribution in [0.3, 0.4) is 0 Å². The lowest BCUT2D eigenvalue weighted by Crippen LogP contribution is -1.85. The first kappa shape index (κ1) is 6.80. The summed E-state index contributed by atoms with van der Waals surface area (Å²) in [6.07, 6.45) is 1.44. The summed E-state index contributed by atoms with van der Waals surface area (Å²) in [6.45, 7) is 3.62. The van der Waals surface area contributed by atoms with Crippen molar-refractivity contribution in [1.82, 2.24) is 4.98 Å². The van der Waals surface area contributed by atoms with Crippen molar-refractivity contribution in [3.05, 3.63) is 17.3 Å². The summed E-state index contributed by atoms with van der Waals surface area (Å²) in [4.78, 5) is 4.02. The summed E-state index contributed by atoms with van der Waals surface area (Å²) in [6, 6.07) is 0. The van der Waals surface area contributed by atoms with Gasteiger partial charge in [-0.2, -0.15) is 5.10 Å². The minimum atomic E-state index is 0.625. The van der Waals surface area contributed by atoms with E-state index in [1.54, 1.807) is 6.92 Å². The van der Waals surface area contributed by atoms with Gasteiger partial charge in [0.05, 0.1) is 11.9 Å². The summed E-state index contributed by atoms with van der Waals surface area (Å²) >= 11 is 0. The predicted octanol–water partition coefficient (Wildman–Crippen LogP) is 0.584. The Morgan fingerprint density at radius 3 is 2.70 bits per heavy atom. The predicted molar refractivity (Wildman–Crippen MR) is 37.8 cm³/mol. The summed E-state index contributed by atoms with van der Waals surface area (Å²) in [5.41, 5.74) is 0.812. The molecule has 0 spiro atoms. The van der Waals surface area contributed by atoms with E-state index in [1.165, 1.54) is 6.21 Å². The number of hydrogen-bond acceptors (Lipinski definition) is 4. The number of oxazole rings is 1. The quantitative estimate of drug-likeness (QED) is 0.351. The van der Waals surface area contributed by atoms with Crippen LogP contribution in [0, 0.1) is 13.8 Å². The van der Waals surface area contributed by atoms with Crippen LogP contribution in [0.5, 0.6) is 0 Å². The molecular formula is C6H9N3O. The van der Waals surface area contributed by atoms with Crippen molar-refractivity contribution in [3.8, 4) is 0 Å². The maximum Gasteiger partial charge on any atom is 0.192 e. The third-order valence-electron chi connectivity index (χ3n) is 1.13. The minimum absolute atomic E-state index is 0.625. The molecule has 0 amide bonds. The van der Waals surface area contributed by atoms with Gasteiger partial charge in [-0.15, -0.1) is 0 Å². The van der Waals surface area contributed by atoms with E-state index in [0.29, 0.717) is 11.7 Å². The van der Waals surface area contributed by atoms with E-state index in [4.69, 9.17) is 10.3 Å². The molecule has 1 heterocycles. The Hall–Kier alpha value is -1.32. The normalized spacial score (nSPS) is 11.0. The van der Waals surface area contributed by atoms with Crippen molar-refractivity contribution in [2.24, 2.45) is 10.9 Å². The molecule has 0 bridgehead atoms. The van der Waals surface area contributed by atoms with Crippen molar-refractivity contribution in [2.75, 3.05) is 0 Å². The average molecular weight is 139 g/mol. The first-order valence-electron chi connectivity index (χ1n) is 2.91. The Balaban J connectivity index is 3.03. The fraction of sp³-hybridized carbons (Fsp3) is 0.333. The van der Waals surface area contributed by atoms with Gasteiger partial charge in [-0.25, -0.2) is 4.98 Å². The highest BCUT2D eigenvalue weighted by Gasteiger charge is 2.01. The molecule has 4 heteroatoms. The number of hydrazone groups is 1. The summed E-state index contributed by atoms with van der Waals surface area (Å²) < 4.78 is 5.11. The van der Waals surface area contributed by atoms with Crippen LogP contribution >= 0.6 is 0 Å². The SMILES string of the molecule is Cc1nc(C)c(/C=N/N)o1. The average Bonchev–Trinajstić information content (AvgIpc) is 2.13. The molecule has 54 valence electrons. The van der Waals surface area contributed by atoms with Gasteiger partial charge in [0.1, 0.15) is 0 Å². The lowest BCUT2D eigenvalue weighted by atomic mass is 10.4. The van der Waals surface area contributed by atoms with E-state index in [0.717, 1.165) is 5.69 Å². The number of aryl methyl sites for hydroxylation is 2. The first-order chi connectivity index (χ1) is 4.74. The molecule has 0 saturated carbocycles. The number of nitrogens with zero attached hydrogens (tertiary/aromatic N) is 2. The van der Waals surface area contributed by atoms with Crippen LogP contribution in [-0.4, -0.2) is 11.2 Å². The molecule has 0 saturated heterocycles. The lowest BCUT2D eigenvalue weighted by molar-refractivity contribution is 0.515. The van der Waals surface area contributed by atoms with Crippen LogP contribution in [-0.2, 0) is 0 Å². The fourth-order valence-electron chi connectivity index (χ4n) is 0.735. The molecule has 0 aliphatic carbocycles. The second kappa shape index (κ2) is 2.51. The third-order valence-corrected chi connectivity index (χ3v) is 1.13. The van der Waals surface area contributed by atoms with E-state index in [2.05, 4.69) is 10.1 Å². The molecule has 0 unspecified atom stereocenters. The second-order valence-electron chi connectivity index (χ2n) is 1.96. The Kier molecular flexibility index (Phi) is 1.71. The van der Waals surface area contributed by atoms with E-state index in [1.807, 2.05) is 6.92 Å². The monoisotopic (exact) mass is 139 g/mol. The molecule has 2 N–H and O–H groups in total. The van der Waals surface area contributed by atoms with Gasteiger partial charge < -0.3 is 10.3 Å². The van der Waals surface area contributed by atoms with Gasteiger partial charge in [-0.1, -0.05) is 0 Å². The molecule has 0 fully saturated rings. The third kappa shape index (κ3) is 1.15. The minimum Gasteiger partial charge on any atom is -0.440 e. The smallest absolute Gasteiger partial charge is 0.192 e. The molecule has 1 aromatic heterocycles. The second-order valence-corrected chi connectivity index (χ2v) is 1.96. The van der Waals surface area contributed by atoms with Crippen molar-refractivity contribution in [2.45, 2.75) is 13.8 Å². The van der Waals surface area contributed by atoms with Crippen molar-refractivity contribution in [1.29, 1.82) is 0 Å². The molecule has 1 aromatic rings.